The first-order valence-corrected chi connectivity index (χ1v) is 15.0. The molecule has 212 valence electrons. The van der Waals surface area contributed by atoms with Gasteiger partial charge in [0.2, 0.25) is 0 Å². The fourth-order valence-corrected chi connectivity index (χ4v) is 6.48. The highest BCUT2D eigenvalue weighted by Crippen LogP contribution is 2.45. The second-order valence-corrected chi connectivity index (χ2v) is 13.4. The highest BCUT2D eigenvalue weighted by atomic mass is 127. The molecule has 4 rings (SSSR count). The largest absolute Gasteiger partial charge is 0.462 e. The molecular formula is C30H43IO7. The van der Waals surface area contributed by atoms with Crippen molar-refractivity contribution in [2.75, 3.05) is 20.3 Å². The molecule has 0 bridgehead atoms. The van der Waals surface area contributed by atoms with Gasteiger partial charge in [-0.2, -0.15) is 0 Å². The Kier molecular flexibility index (Phi) is 10.3. The van der Waals surface area contributed by atoms with Gasteiger partial charge in [0, 0.05) is 29.8 Å². The Hall–Kier alpha value is -1.04. The Morgan fingerprint density at radius 2 is 1.89 bits per heavy atom. The van der Waals surface area contributed by atoms with Crippen LogP contribution in [0.1, 0.15) is 58.9 Å². The Morgan fingerprint density at radius 1 is 1.13 bits per heavy atom. The summed E-state index contributed by atoms with van der Waals surface area (Å²) in [6.45, 7) is 9.10. The average molecular weight is 643 g/mol. The van der Waals surface area contributed by atoms with Gasteiger partial charge in [0.25, 0.3) is 0 Å². The zero-order valence-electron chi connectivity index (χ0n) is 23.3. The molecule has 0 amide bonds. The van der Waals surface area contributed by atoms with E-state index in [0.29, 0.717) is 19.6 Å². The molecule has 0 N–H and O–H groups in total. The van der Waals surface area contributed by atoms with E-state index < -0.39 is 11.2 Å². The van der Waals surface area contributed by atoms with E-state index in [1.54, 1.807) is 7.11 Å². The van der Waals surface area contributed by atoms with Crippen LogP contribution in [0.4, 0.5) is 0 Å². The zero-order valence-corrected chi connectivity index (χ0v) is 25.4. The van der Waals surface area contributed by atoms with Crippen molar-refractivity contribution in [3.05, 3.63) is 48.0 Å². The van der Waals surface area contributed by atoms with Crippen molar-refractivity contribution in [1.82, 2.24) is 0 Å². The first kappa shape index (κ1) is 29.9. The molecule has 38 heavy (non-hydrogen) atoms. The molecule has 1 aromatic rings. The predicted molar refractivity (Wildman–Crippen MR) is 153 cm³/mol. The number of carbonyl (C=O) groups is 1. The Balaban J connectivity index is 1.29. The number of benzene rings is 1. The van der Waals surface area contributed by atoms with Crippen LogP contribution in [0.3, 0.4) is 0 Å². The summed E-state index contributed by atoms with van der Waals surface area (Å²) < 4.78 is 37.1. The molecular weight excluding hydrogens is 599 g/mol. The molecule has 1 aromatic carbocycles. The molecule has 0 saturated carbocycles. The molecule has 3 unspecified atom stereocenters. The summed E-state index contributed by atoms with van der Waals surface area (Å²) in [5, 5.41) is 0. The third-order valence-electron chi connectivity index (χ3n) is 7.67. The second kappa shape index (κ2) is 13.1. The van der Waals surface area contributed by atoms with E-state index >= 15 is 0 Å². The lowest BCUT2D eigenvalue weighted by Gasteiger charge is -2.47. The highest BCUT2D eigenvalue weighted by Gasteiger charge is 2.52. The SMILES string of the molecule is COC1(CC(I)C2CC=C[C@@H](COC(=O)C(C)(C)C)O2)O[C@@H]2C[C@@H](COCc3ccccc3)O[C@@H]2C[C@H]1C. The standard InChI is InChI=1S/C30H43IO7/c1-20-14-26-27(15-23(37-26)18-34-17-21-10-7-6-8-11-21)38-30(20,33-5)16-24(31)25-13-9-12-22(36-25)19-35-28(32)29(2,3)4/h6-12,20,22-27H,13-19H2,1-5H3/t20-,22+,23+,24?,25?,26-,27-,30?/m1/s1. The zero-order chi connectivity index (χ0) is 27.3. The van der Waals surface area contributed by atoms with Crippen LogP contribution in [0.25, 0.3) is 0 Å². The monoisotopic (exact) mass is 642 g/mol. The molecule has 2 fully saturated rings. The fourth-order valence-electron chi connectivity index (χ4n) is 5.40. The summed E-state index contributed by atoms with van der Waals surface area (Å²) in [5.41, 5.74) is 0.631. The summed E-state index contributed by atoms with van der Waals surface area (Å²) >= 11 is 2.46. The predicted octanol–water partition coefficient (Wildman–Crippen LogP) is 5.63. The van der Waals surface area contributed by atoms with Crippen molar-refractivity contribution < 1.29 is 33.2 Å². The number of carbonyl (C=O) groups excluding carboxylic acids is 1. The van der Waals surface area contributed by atoms with E-state index in [4.69, 9.17) is 28.4 Å². The summed E-state index contributed by atoms with van der Waals surface area (Å²) in [5.74, 6) is -0.755. The average Bonchev–Trinajstić information content (AvgIpc) is 3.28. The van der Waals surface area contributed by atoms with E-state index in [1.807, 2.05) is 45.0 Å². The molecule has 3 heterocycles. The van der Waals surface area contributed by atoms with Crippen LogP contribution in [0.2, 0.25) is 0 Å². The van der Waals surface area contributed by atoms with Gasteiger partial charge in [0.05, 0.1) is 43.0 Å². The molecule has 8 heteroatoms. The lowest BCUT2D eigenvalue weighted by Crippen LogP contribution is -2.54. The minimum absolute atomic E-state index is 0.0153. The van der Waals surface area contributed by atoms with Crippen molar-refractivity contribution in [1.29, 1.82) is 0 Å². The highest BCUT2D eigenvalue weighted by molar-refractivity contribution is 14.1. The van der Waals surface area contributed by atoms with Gasteiger partial charge in [-0.25, -0.2) is 0 Å². The molecule has 3 aliphatic heterocycles. The Bertz CT molecular complexity index is 932. The lowest BCUT2D eigenvalue weighted by atomic mass is 9.84. The van der Waals surface area contributed by atoms with E-state index in [2.05, 4.69) is 47.7 Å². The van der Waals surface area contributed by atoms with Gasteiger partial charge in [0.1, 0.15) is 12.7 Å². The van der Waals surface area contributed by atoms with Gasteiger partial charge in [-0.15, -0.1) is 0 Å². The first-order valence-electron chi connectivity index (χ1n) is 13.7. The number of hydrogen-bond donors (Lipinski definition) is 0. The van der Waals surface area contributed by atoms with Crippen LogP contribution < -0.4 is 0 Å². The van der Waals surface area contributed by atoms with Crippen molar-refractivity contribution >= 4 is 28.6 Å². The Morgan fingerprint density at radius 3 is 2.61 bits per heavy atom. The molecule has 3 aliphatic rings. The van der Waals surface area contributed by atoms with Gasteiger partial charge >= 0.3 is 5.97 Å². The number of fused-ring (bicyclic) bond motifs is 1. The number of halogens is 1. The summed E-state index contributed by atoms with van der Waals surface area (Å²) in [7, 11) is 1.74. The van der Waals surface area contributed by atoms with E-state index in [9.17, 15) is 4.79 Å². The Labute approximate surface area is 241 Å². The lowest BCUT2D eigenvalue weighted by molar-refractivity contribution is -0.308. The van der Waals surface area contributed by atoms with Crippen LogP contribution >= 0.6 is 22.6 Å². The molecule has 2 saturated heterocycles. The number of hydrogen-bond acceptors (Lipinski definition) is 7. The van der Waals surface area contributed by atoms with Gasteiger partial charge < -0.3 is 28.4 Å². The molecule has 0 aliphatic carbocycles. The van der Waals surface area contributed by atoms with Crippen LogP contribution in [-0.4, -0.2) is 66.5 Å². The summed E-state index contributed by atoms with van der Waals surface area (Å²) in [4.78, 5) is 12.2. The number of rotatable bonds is 10. The minimum atomic E-state index is -0.700. The number of alkyl halides is 1. The molecule has 0 aromatic heterocycles. The van der Waals surface area contributed by atoms with E-state index in [0.717, 1.165) is 24.8 Å². The third-order valence-corrected chi connectivity index (χ3v) is 8.91. The van der Waals surface area contributed by atoms with Crippen LogP contribution in [0.15, 0.2) is 42.5 Å². The number of methoxy groups -OCH3 is 1. The van der Waals surface area contributed by atoms with Crippen LogP contribution in [0, 0.1) is 11.3 Å². The molecule has 0 radical (unpaired) electrons. The number of esters is 1. The second-order valence-electron chi connectivity index (χ2n) is 11.8. The van der Waals surface area contributed by atoms with Crippen molar-refractivity contribution in [3.63, 3.8) is 0 Å². The summed E-state index contributed by atoms with van der Waals surface area (Å²) in [6, 6.07) is 10.2. The van der Waals surface area contributed by atoms with Crippen LogP contribution in [0.5, 0.6) is 0 Å². The smallest absolute Gasteiger partial charge is 0.311 e. The minimum Gasteiger partial charge on any atom is -0.462 e. The molecule has 0 spiro atoms. The van der Waals surface area contributed by atoms with Crippen molar-refractivity contribution in [2.45, 2.75) is 100 Å². The third kappa shape index (κ3) is 7.57. The maximum atomic E-state index is 12.2. The van der Waals surface area contributed by atoms with Gasteiger partial charge in [-0.3, -0.25) is 4.79 Å². The van der Waals surface area contributed by atoms with Gasteiger partial charge in [-0.1, -0.05) is 72.0 Å². The fraction of sp³-hybridized carbons (Fsp3) is 0.700. The topological polar surface area (TPSA) is 72.5 Å². The van der Waals surface area contributed by atoms with Crippen molar-refractivity contribution in [2.24, 2.45) is 11.3 Å². The molecule has 8 atom stereocenters. The maximum Gasteiger partial charge on any atom is 0.311 e. The van der Waals surface area contributed by atoms with Crippen molar-refractivity contribution in [3.8, 4) is 0 Å². The van der Waals surface area contributed by atoms with E-state index in [1.165, 1.54) is 0 Å². The normalized spacial score (nSPS) is 34.1. The summed E-state index contributed by atoms with van der Waals surface area (Å²) in [6.07, 6.45) is 7.11. The number of ether oxygens (including phenoxy) is 6. The van der Waals surface area contributed by atoms with E-state index in [-0.39, 0.29) is 52.9 Å². The van der Waals surface area contributed by atoms with Crippen LogP contribution in [-0.2, 0) is 39.8 Å². The van der Waals surface area contributed by atoms with Gasteiger partial charge in [0.15, 0.2) is 5.79 Å². The first-order chi connectivity index (χ1) is 18.1. The quantitative estimate of drug-likeness (QED) is 0.142. The van der Waals surface area contributed by atoms with Gasteiger partial charge in [-0.05, 0) is 39.2 Å². The molecule has 7 nitrogen and oxygen atoms in total. The maximum absolute atomic E-state index is 12.2.